The Balaban J connectivity index is 1.82. The summed E-state index contributed by atoms with van der Waals surface area (Å²) in [4.78, 5) is 12.8. The zero-order valence-corrected chi connectivity index (χ0v) is 16.1. The SMILES string of the molecule is COc1ccc(C(=O)CC(Nc2ccccc2)c2ccc(Br)cc2)cc1. The Morgan fingerprint density at radius 1 is 0.962 bits per heavy atom. The van der Waals surface area contributed by atoms with Gasteiger partial charge < -0.3 is 10.1 Å². The van der Waals surface area contributed by atoms with Gasteiger partial charge in [-0.05, 0) is 54.1 Å². The van der Waals surface area contributed by atoms with E-state index in [0.717, 1.165) is 21.5 Å². The minimum absolute atomic E-state index is 0.0870. The zero-order valence-electron chi connectivity index (χ0n) is 14.5. The summed E-state index contributed by atoms with van der Waals surface area (Å²) in [6.45, 7) is 0. The third kappa shape index (κ3) is 4.73. The number of carbonyl (C=O) groups is 1. The van der Waals surface area contributed by atoms with Crippen LogP contribution in [-0.2, 0) is 0 Å². The maximum atomic E-state index is 12.8. The van der Waals surface area contributed by atoms with Crippen molar-refractivity contribution in [1.82, 2.24) is 0 Å². The minimum Gasteiger partial charge on any atom is -0.497 e. The predicted octanol–water partition coefficient (Wildman–Crippen LogP) is 5.88. The molecule has 0 spiro atoms. The molecule has 0 aliphatic heterocycles. The standard InChI is InChI=1S/C22H20BrNO2/c1-26-20-13-9-17(10-14-20)22(25)15-21(16-7-11-18(23)12-8-16)24-19-5-3-2-4-6-19/h2-14,21,24H,15H2,1H3. The van der Waals surface area contributed by atoms with Crippen LogP contribution in [-0.4, -0.2) is 12.9 Å². The van der Waals surface area contributed by atoms with E-state index in [1.807, 2.05) is 78.9 Å². The third-order valence-corrected chi connectivity index (χ3v) is 4.72. The number of halogens is 1. The summed E-state index contributed by atoms with van der Waals surface area (Å²) in [6.07, 6.45) is 0.364. The van der Waals surface area contributed by atoms with Crippen molar-refractivity contribution < 1.29 is 9.53 Å². The Bertz CT molecular complexity index is 846. The monoisotopic (exact) mass is 409 g/mol. The fourth-order valence-electron chi connectivity index (χ4n) is 2.76. The van der Waals surface area contributed by atoms with Gasteiger partial charge in [0.1, 0.15) is 5.75 Å². The molecule has 0 radical (unpaired) electrons. The van der Waals surface area contributed by atoms with Gasteiger partial charge in [-0.1, -0.05) is 46.3 Å². The first-order valence-corrected chi connectivity index (χ1v) is 9.19. The summed E-state index contributed by atoms with van der Waals surface area (Å²) in [5.41, 5.74) is 2.74. The van der Waals surface area contributed by atoms with E-state index in [1.165, 1.54) is 0 Å². The molecule has 0 fully saturated rings. The first-order chi connectivity index (χ1) is 12.7. The van der Waals surface area contributed by atoms with Gasteiger partial charge in [-0.25, -0.2) is 0 Å². The molecule has 0 aliphatic rings. The highest BCUT2D eigenvalue weighted by Gasteiger charge is 2.17. The Morgan fingerprint density at radius 3 is 2.23 bits per heavy atom. The lowest BCUT2D eigenvalue weighted by atomic mass is 9.97. The fourth-order valence-corrected chi connectivity index (χ4v) is 3.03. The molecule has 0 amide bonds. The quantitative estimate of drug-likeness (QED) is 0.494. The normalized spacial score (nSPS) is 11.6. The van der Waals surface area contributed by atoms with Gasteiger partial charge in [-0.15, -0.1) is 0 Å². The van der Waals surface area contributed by atoms with Crippen molar-refractivity contribution in [1.29, 1.82) is 0 Å². The molecule has 1 unspecified atom stereocenters. The number of ether oxygens (including phenoxy) is 1. The lowest BCUT2D eigenvalue weighted by molar-refractivity contribution is 0.0976. The van der Waals surface area contributed by atoms with Crippen molar-refractivity contribution in [3.8, 4) is 5.75 Å². The highest BCUT2D eigenvalue weighted by atomic mass is 79.9. The number of benzene rings is 3. The molecular weight excluding hydrogens is 390 g/mol. The van der Waals surface area contributed by atoms with E-state index in [9.17, 15) is 4.79 Å². The maximum Gasteiger partial charge on any atom is 0.165 e. The van der Waals surface area contributed by atoms with Crippen LogP contribution in [0.1, 0.15) is 28.4 Å². The number of anilines is 1. The van der Waals surface area contributed by atoms with Crippen LogP contribution in [0, 0.1) is 0 Å². The van der Waals surface area contributed by atoms with Crippen molar-refractivity contribution >= 4 is 27.4 Å². The second-order valence-corrected chi connectivity index (χ2v) is 6.89. The van der Waals surface area contributed by atoms with Crippen molar-refractivity contribution in [3.05, 3.63) is 94.5 Å². The molecule has 26 heavy (non-hydrogen) atoms. The van der Waals surface area contributed by atoms with E-state index in [0.29, 0.717) is 12.0 Å². The van der Waals surface area contributed by atoms with Crippen LogP contribution in [0.4, 0.5) is 5.69 Å². The molecule has 3 nitrogen and oxygen atoms in total. The van der Waals surface area contributed by atoms with Crippen LogP contribution in [0.15, 0.2) is 83.3 Å². The van der Waals surface area contributed by atoms with Gasteiger partial charge in [0.25, 0.3) is 0 Å². The highest BCUT2D eigenvalue weighted by molar-refractivity contribution is 9.10. The molecule has 1 atom stereocenters. The second-order valence-electron chi connectivity index (χ2n) is 5.97. The van der Waals surface area contributed by atoms with Gasteiger partial charge in [0.05, 0.1) is 13.2 Å². The topological polar surface area (TPSA) is 38.3 Å². The van der Waals surface area contributed by atoms with Crippen molar-refractivity contribution in [2.24, 2.45) is 0 Å². The average Bonchev–Trinajstić information content (AvgIpc) is 2.69. The van der Waals surface area contributed by atoms with Gasteiger partial charge in [0.2, 0.25) is 0 Å². The van der Waals surface area contributed by atoms with E-state index < -0.39 is 0 Å². The van der Waals surface area contributed by atoms with E-state index in [1.54, 1.807) is 7.11 Å². The molecule has 0 aliphatic carbocycles. The number of Topliss-reactive ketones (excluding diaryl/α,β-unsaturated/α-hetero) is 1. The summed E-state index contributed by atoms with van der Waals surface area (Å²) in [6, 6.07) is 25.1. The largest absolute Gasteiger partial charge is 0.497 e. The van der Waals surface area contributed by atoms with Gasteiger partial charge in [-0.2, -0.15) is 0 Å². The Labute approximate surface area is 162 Å². The van der Waals surface area contributed by atoms with Crippen LogP contribution in [0.5, 0.6) is 5.75 Å². The van der Waals surface area contributed by atoms with Crippen molar-refractivity contribution in [2.75, 3.05) is 12.4 Å². The summed E-state index contributed by atoms with van der Waals surface area (Å²) < 4.78 is 6.18. The predicted molar refractivity (Wildman–Crippen MR) is 109 cm³/mol. The number of nitrogens with one attached hydrogen (secondary N) is 1. The van der Waals surface area contributed by atoms with Crippen LogP contribution in [0.3, 0.4) is 0 Å². The molecule has 4 heteroatoms. The first-order valence-electron chi connectivity index (χ1n) is 8.40. The smallest absolute Gasteiger partial charge is 0.165 e. The number of methoxy groups -OCH3 is 1. The van der Waals surface area contributed by atoms with E-state index in [-0.39, 0.29) is 11.8 Å². The number of rotatable bonds is 7. The number of carbonyl (C=O) groups excluding carboxylic acids is 1. The minimum atomic E-state index is -0.111. The maximum absolute atomic E-state index is 12.8. The summed E-state index contributed by atoms with van der Waals surface area (Å²) in [5.74, 6) is 0.831. The van der Waals surface area contributed by atoms with Crippen LogP contribution < -0.4 is 10.1 Å². The first kappa shape index (κ1) is 18.2. The lowest BCUT2D eigenvalue weighted by Gasteiger charge is -2.20. The van der Waals surface area contributed by atoms with Gasteiger partial charge in [-0.3, -0.25) is 4.79 Å². The van der Waals surface area contributed by atoms with Gasteiger partial charge in [0.15, 0.2) is 5.78 Å². The molecule has 3 aromatic carbocycles. The molecule has 0 aromatic heterocycles. The average molecular weight is 410 g/mol. The molecule has 3 aromatic rings. The Morgan fingerprint density at radius 2 is 1.62 bits per heavy atom. The summed E-state index contributed by atoms with van der Waals surface area (Å²) >= 11 is 3.46. The fraction of sp³-hybridized carbons (Fsp3) is 0.136. The van der Waals surface area contributed by atoms with Gasteiger partial charge in [0, 0.05) is 22.1 Å². The Kier molecular flexibility index (Phi) is 6.08. The van der Waals surface area contributed by atoms with Crippen LogP contribution in [0.2, 0.25) is 0 Å². The molecule has 132 valence electrons. The molecule has 3 rings (SSSR count). The molecule has 0 saturated carbocycles. The number of hydrogen-bond acceptors (Lipinski definition) is 3. The van der Waals surface area contributed by atoms with Crippen molar-refractivity contribution in [2.45, 2.75) is 12.5 Å². The third-order valence-electron chi connectivity index (χ3n) is 4.19. The second kappa shape index (κ2) is 8.68. The molecule has 0 saturated heterocycles. The molecular formula is C22H20BrNO2. The number of ketones is 1. The Hall–Kier alpha value is -2.59. The lowest BCUT2D eigenvalue weighted by Crippen LogP contribution is -2.15. The van der Waals surface area contributed by atoms with Gasteiger partial charge >= 0.3 is 0 Å². The van der Waals surface area contributed by atoms with Crippen LogP contribution in [0.25, 0.3) is 0 Å². The highest BCUT2D eigenvalue weighted by Crippen LogP contribution is 2.26. The number of hydrogen-bond donors (Lipinski definition) is 1. The summed E-state index contributed by atoms with van der Waals surface area (Å²) in [5, 5.41) is 3.48. The van der Waals surface area contributed by atoms with Crippen molar-refractivity contribution in [3.63, 3.8) is 0 Å². The number of para-hydroxylation sites is 1. The van der Waals surface area contributed by atoms with E-state index >= 15 is 0 Å². The molecule has 0 heterocycles. The van der Waals surface area contributed by atoms with E-state index in [4.69, 9.17) is 4.74 Å². The molecule has 1 N–H and O–H groups in total. The van der Waals surface area contributed by atoms with E-state index in [2.05, 4.69) is 21.2 Å². The summed E-state index contributed by atoms with van der Waals surface area (Å²) in [7, 11) is 1.62. The molecule has 0 bridgehead atoms. The van der Waals surface area contributed by atoms with Crippen LogP contribution >= 0.6 is 15.9 Å². The zero-order chi connectivity index (χ0) is 18.4.